The molecule has 1 aliphatic carbocycles. The fourth-order valence-electron chi connectivity index (χ4n) is 5.29. The minimum absolute atomic E-state index is 0.0328. The molecule has 3 aliphatic rings. The Labute approximate surface area is 200 Å². The first kappa shape index (κ1) is 24.4. The van der Waals surface area contributed by atoms with Crippen LogP contribution in [0.25, 0.3) is 0 Å². The van der Waals surface area contributed by atoms with Gasteiger partial charge in [0, 0.05) is 43.7 Å². The molecule has 2 heterocycles. The summed E-state index contributed by atoms with van der Waals surface area (Å²) >= 11 is 0. The average Bonchev–Trinajstić information content (AvgIpc) is 3.48. The van der Waals surface area contributed by atoms with Crippen molar-refractivity contribution in [2.75, 3.05) is 13.7 Å². The van der Waals surface area contributed by atoms with Gasteiger partial charge in [0.05, 0.1) is 18.0 Å². The zero-order valence-corrected chi connectivity index (χ0v) is 20.6. The average molecular weight is 475 g/mol. The maximum Gasteiger partial charge on any atom is 0.231 e. The molecule has 1 aromatic carbocycles. The van der Waals surface area contributed by atoms with Crippen molar-refractivity contribution in [2.45, 2.75) is 76.6 Å². The lowest BCUT2D eigenvalue weighted by Gasteiger charge is -2.38. The van der Waals surface area contributed by atoms with Gasteiger partial charge in [0.2, 0.25) is 11.8 Å². The number of carbonyl (C=O) groups is 2. The van der Waals surface area contributed by atoms with Crippen molar-refractivity contribution in [1.82, 2.24) is 10.2 Å². The van der Waals surface area contributed by atoms with E-state index in [1.165, 1.54) is 12.1 Å². The van der Waals surface area contributed by atoms with Gasteiger partial charge in [-0.2, -0.15) is 0 Å². The van der Waals surface area contributed by atoms with Crippen molar-refractivity contribution < 1.29 is 23.5 Å². The van der Waals surface area contributed by atoms with E-state index in [1.807, 2.05) is 27.7 Å². The van der Waals surface area contributed by atoms with Gasteiger partial charge in [-0.1, -0.05) is 6.07 Å². The van der Waals surface area contributed by atoms with Crippen LogP contribution in [0.2, 0.25) is 0 Å². The van der Waals surface area contributed by atoms with Crippen LogP contribution in [0, 0.1) is 17.7 Å². The summed E-state index contributed by atoms with van der Waals surface area (Å²) in [5.74, 6) is -0.148. The van der Waals surface area contributed by atoms with Crippen molar-refractivity contribution in [3.63, 3.8) is 0 Å². The third-order valence-electron chi connectivity index (χ3n) is 6.89. The second-order valence-electron chi connectivity index (χ2n) is 10.9. The molecular formula is C25H35FN4O4. The predicted molar refractivity (Wildman–Crippen MR) is 126 cm³/mol. The molecule has 1 unspecified atom stereocenters. The summed E-state index contributed by atoms with van der Waals surface area (Å²) in [6.45, 7) is 8.05. The van der Waals surface area contributed by atoms with Crippen LogP contribution < -0.4 is 15.8 Å². The molecule has 3 N–H and O–H groups in total. The molecule has 2 amide bonds. The number of hydrogen-bond donors (Lipinski definition) is 2. The second-order valence-corrected chi connectivity index (χ2v) is 10.9. The lowest BCUT2D eigenvalue weighted by molar-refractivity contribution is -0.132. The van der Waals surface area contributed by atoms with Crippen molar-refractivity contribution in [3.05, 3.63) is 29.6 Å². The van der Waals surface area contributed by atoms with Gasteiger partial charge in [-0.15, -0.1) is 0 Å². The molecule has 4 atom stereocenters. The number of nitrogens with one attached hydrogen (secondary N) is 1. The highest BCUT2D eigenvalue weighted by molar-refractivity contribution is 5.99. The topological polar surface area (TPSA) is 106 Å². The molecule has 1 aromatic rings. The minimum Gasteiger partial charge on any atom is -0.487 e. The molecule has 0 spiro atoms. The summed E-state index contributed by atoms with van der Waals surface area (Å²) in [5, 5.41) is 3.15. The predicted octanol–water partition coefficient (Wildman–Crippen LogP) is 2.91. The summed E-state index contributed by atoms with van der Waals surface area (Å²) in [6, 6.07) is 3.88. The van der Waals surface area contributed by atoms with Crippen molar-refractivity contribution in [2.24, 2.45) is 22.6 Å². The lowest BCUT2D eigenvalue weighted by atomic mass is 9.89. The number of guanidine groups is 1. The van der Waals surface area contributed by atoms with Gasteiger partial charge < -0.3 is 20.5 Å². The summed E-state index contributed by atoms with van der Waals surface area (Å²) in [7, 11) is 1.61. The van der Waals surface area contributed by atoms with E-state index in [0.717, 1.165) is 5.56 Å². The standard InChI is InChI=1S/C25H35FN4O4/c1-24(2)13-21(31)30(23(27)29-24)19(8-9-33-5)16-11-17(16)22(32)28-18-12-25(3,4)34-20-10-14(26)6-7-15(18)20/h6-7,10,16-19H,8-9,11-13H2,1-5H3,(H2,27,29)(H,28,32)/t16-,17-,18?,19+/m0/s1. The molecule has 1 saturated carbocycles. The Morgan fingerprint density at radius 3 is 2.79 bits per heavy atom. The van der Waals surface area contributed by atoms with E-state index in [4.69, 9.17) is 15.2 Å². The largest absolute Gasteiger partial charge is 0.487 e. The molecule has 9 heteroatoms. The molecule has 4 rings (SSSR count). The van der Waals surface area contributed by atoms with Gasteiger partial charge in [0.15, 0.2) is 5.96 Å². The van der Waals surface area contributed by atoms with E-state index in [-0.39, 0.29) is 53.9 Å². The quantitative estimate of drug-likeness (QED) is 0.632. The van der Waals surface area contributed by atoms with Gasteiger partial charge in [-0.25, -0.2) is 9.38 Å². The Kier molecular flexibility index (Phi) is 6.35. The Morgan fingerprint density at radius 1 is 1.38 bits per heavy atom. The van der Waals surface area contributed by atoms with E-state index >= 15 is 0 Å². The normalized spacial score (nSPS) is 27.8. The smallest absolute Gasteiger partial charge is 0.231 e. The Bertz CT molecular complexity index is 1010. The van der Waals surface area contributed by atoms with E-state index in [0.29, 0.717) is 31.6 Å². The van der Waals surface area contributed by atoms with E-state index in [2.05, 4.69) is 10.3 Å². The van der Waals surface area contributed by atoms with Crippen molar-refractivity contribution in [1.29, 1.82) is 0 Å². The van der Waals surface area contributed by atoms with Crippen LogP contribution in [0.1, 0.15) is 65.0 Å². The molecule has 8 nitrogen and oxygen atoms in total. The molecule has 0 bridgehead atoms. The highest BCUT2D eigenvalue weighted by Gasteiger charge is 2.52. The summed E-state index contributed by atoms with van der Waals surface area (Å²) in [5.41, 5.74) is 5.91. The minimum atomic E-state index is -0.541. The lowest BCUT2D eigenvalue weighted by Crippen LogP contribution is -2.55. The number of ether oxygens (including phenoxy) is 2. The zero-order valence-electron chi connectivity index (χ0n) is 20.6. The van der Waals surface area contributed by atoms with Gasteiger partial charge in [-0.3, -0.25) is 14.5 Å². The van der Waals surface area contributed by atoms with Crippen LogP contribution in [0.3, 0.4) is 0 Å². The molecular weight excluding hydrogens is 439 g/mol. The molecule has 34 heavy (non-hydrogen) atoms. The number of nitrogens with zero attached hydrogens (tertiary/aromatic N) is 2. The molecule has 2 aliphatic heterocycles. The molecule has 1 fully saturated rings. The molecule has 0 aromatic heterocycles. The summed E-state index contributed by atoms with van der Waals surface area (Å²) in [6.07, 6.45) is 2.07. The number of methoxy groups -OCH3 is 1. The highest BCUT2D eigenvalue weighted by atomic mass is 19.1. The maximum absolute atomic E-state index is 13.8. The number of benzene rings is 1. The van der Waals surface area contributed by atoms with Crippen LogP contribution in [0.5, 0.6) is 5.75 Å². The van der Waals surface area contributed by atoms with E-state index in [9.17, 15) is 14.0 Å². The molecule has 0 radical (unpaired) electrons. The highest BCUT2D eigenvalue weighted by Crippen LogP contribution is 2.47. The summed E-state index contributed by atoms with van der Waals surface area (Å²) < 4.78 is 25.0. The third-order valence-corrected chi connectivity index (χ3v) is 6.89. The van der Waals surface area contributed by atoms with Gasteiger partial charge in [0.1, 0.15) is 17.2 Å². The number of aliphatic imine (C=N–C) groups is 1. The van der Waals surface area contributed by atoms with Gasteiger partial charge in [-0.05, 0) is 52.5 Å². The Morgan fingerprint density at radius 2 is 2.12 bits per heavy atom. The molecule has 0 saturated heterocycles. The van der Waals surface area contributed by atoms with Crippen LogP contribution in [-0.2, 0) is 14.3 Å². The first-order chi connectivity index (χ1) is 15.9. The van der Waals surface area contributed by atoms with Crippen molar-refractivity contribution in [3.8, 4) is 5.75 Å². The number of nitrogens with two attached hydrogens (primary N) is 1. The first-order valence-corrected chi connectivity index (χ1v) is 11.9. The van der Waals surface area contributed by atoms with Crippen LogP contribution in [0.4, 0.5) is 4.39 Å². The van der Waals surface area contributed by atoms with Crippen LogP contribution in [0.15, 0.2) is 23.2 Å². The SMILES string of the molecule is COCC[C@H]([C@H]1C[C@@H]1C(=O)NC1CC(C)(C)Oc2cc(F)ccc21)N1C(=O)CC(C)(C)N=C1N. The fraction of sp³-hybridized carbons (Fsp3) is 0.640. The maximum atomic E-state index is 13.8. The van der Waals surface area contributed by atoms with Crippen molar-refractivity contribution >= 4 is 17.8 Å². The zero-order chi connectivity index (χ0) is 24.8. The van der Waals surface area contributed by atoms with E-state index < -0.39 is 11.1 Å². The van der Waals surface area contributed by atoms with E-state index in [1.54, 1.807) is 18.1 Å². The fourth-order valence-corrected chi connectivity index (χ4v) is 5.29. The number of carbonyl (C=O) groups excluding carboxylic acids is 2. The van der Waals surface area contributed by atoms with Crippen LogP contribution >= 0.6 is 0 Å². The number of amides is 2. The second kappa shape index (κ2) is 8.83. The first-order valence-electron chi connectivity index (χ1n) is 11.9. The summed E-state index contributed by atoms with van der Waals surface area (Å²) in [4.78, 5) is 32.3. The number of halogens is 1. The molecule has 186 valence electrons. The Balaban J connectivity index is 1.50. The monoisotopic (exact) mass is 474 g/mol. The number of hydrogen-bond acceptors (Lipinski definition) is 6. The van der Waals surface area contributed by atoms with Gasteiger partial charge >= 0.3 is 0 Å². The number of fused-ring (bicyclic) bond motifs is 1. The Hall–Kier alpha value is -2.68. The van der Waals surface area contributed by atoms with Gasteiger partial charge in [0.25, 0.3) is 0 Å². The number of rotatable bonds is 7. The third kappa shape index (κ3) is 5.04. The van der Waals surface area contributed by atoms with Crippen LogP contribution in [-0.4, -0.2) is 53.6 Å².